The number of carboxylic acids is 1. The number of hydrogen-bond acceptors (Lipinski definition) is 5. The average Bonchev–Trinajstić information content (AvgIpc) is 2.69. The summed E-state index contributed by atoms with van der Waals surface area (Å²) in [6.07, 6.45) is 0. The highest BCUT2D eigenvalue weighted by atomic mass is 16.5. The molecule has 4 N–H and O–H groups in total. The first-order valence-corrected chi connectivity index (χ1v) is 5.38. The monoisotopic (exact) mass is 263 g/mol. The van der Waals surface area contributed by atoms with Crippen LogP contribution in [-0.4, -0.2) is 33.1 Å². The Hall–Kier alpha value is -2.70. The van der Waals surface area contributed by atoms with E-state index in [-0.39, 0.29) is 11.3 Å². The summed E-state index contributed by atoms with van der Waals surface area (Å²) in [5.74, 6) is -1.15. The molecule has 1 aromatic heterocycles. The molecular weight excluding hydrogens is 250 g/mol. The quantitative estimate of drug-likeness (QED) is 0.764. The molecular formula is C12H13N3O4. The second-order valence-electron chi connectivity index (χ2n) is 3.96. The number of phenols is 1. The smallest absolute Gasteiger partial charge is 0.339 e. The summed E-state index contributed by atoms with van der Waals surface area (Å²) in [6.45, 7) is 0. The molecule has 0 unspecified atom stereocenters. The van der Waals surface area contributed by atoms with Crippen molar-refractivity contribution in [2.75, 3.05) is 12.8 Å². The fourth-order valence-corrected chi connectivity index (χ4v) is 1.70. The molecule has 100 valence electrons. The van der Waals surface area contributed by atoms with Crippen LogP contribution < -0.4 is 10.5 Å². The lowest BCUT2D eigenvalue weighted by molar-refractivity contribution is 0.0693. The second-order valence-corrected chi connectivity index (χ2v) is 3.96. The SMILES string of the molecule is COc1cc(-c2cc(N)n(C)n2)cc(C(=O)O)c1O. The Morgan fingerprint density at radius 1 is 1.42 bits per heavy atom. The number of carboxylic acid groups (broad SMARTS) is 1. The van der Waals surface area contributed by atoms with Crippen LogP contribution in [0, 0.1) is 0 Å². The molecule has 0 saturated carbocycles. The highest BCUT2D eigenvalue weighted by Gasteiger charge is 2.18. The number of nitrogen functional groups attached to an aromatic ring is 1. The fourth-order valence-electron chi connectivity index (χ4n) is 1.70. The number of aromatic carboxylic acids is 1. The third-order valence-corrected chi connectivity index (χ3v) is 2.74. The molecule has 1 aromatic carbocycles. The maximum absolute atomic E-state index is 11.1. The van der Waals surface area contributed by atoms with Crippen molar-refractivity contribution < 1.29 is 19.7 Å². The Bertz CT molecular complexity index is 629. The van der Waals surface area contributed by atoms with Crippen molar-refractivity contribution in [3.8, 4) is 22.8 Å². The summed E-state index contributed by atoms with van der Waals surface area (Å²) in [4.78, 5) is 11.1. The van der Waals surface area contributed by atoms with Gasteiger partial charge in [-0.05, 0) is 12.1 Å². The van der Waals surface area contributed by atoms with Gasteiger partial charge in [0.05, 0.1) is 12.8 Å². The lowest BCUT2D eigenvalue weighted by Crippen LogP contribution is -2.00. The van der Waals surface area contributed by atoms with Gasteiger partial charge < -0.3 is 20.7 Å². The lowest BCUT2D eigenvalue weighted by Gasteiger charge is -2.08. The highest BCUT2D eigenvalue weighted by molar-refractivity contribution is 5.93. The molecule has 0 bridgehead atoms. The van der Waals surface area contributed by atoms with Crippen LogP contribution in [-0.2, 0) is 7.05 Å². The van der Waals surface area contributed by atoms with Gasteiger partial charge in [-0.25, -0.2) is 4.79 Å². The van der Waals surface area contributed by atoms with Crippen LogP contribution >= 0.6 is 0 Å². The Morgan fingerprint density at radius 2 is 2.11 bits per heavy atom. The summed E-state index contributed by atoms with van der Waals surface area (Å²) in [6, 6.07) is 4.43. The van der Waals surface area contributed by atoms with E-state index in [9.17, 15) is 9.90 Å². The maximum Gasteiger partial charge on any atom is 0.339 e. The minimum absolute atomic E-state index is 0.0686. The minimum Gasteiger partial charge on any atom is -0.504 e. The molecule has 1 heterocycles. The normalized spacial score (nSPS) is 10.4. The molecule has 0 radical (unpaired) electrons. The topological polar surface area (TPSA) is 111 Å². The number of benzene rings is 1. The number of nitrogens with two attached hydrogens (primary N) is 1. The molecule has 2 rings (SSSR count). The molecule has 0 aliphatic heterocycles. The van der Waals surface area contributed by atoms with Crippen LogP contribution in [0.25, 0.3) is 11.3 Å². The Balaban J connectivity index is 2.64. The number of aryl methyl sites for hydroxylation is 1. The number of carbonyl (C=O) groups is 1. The van der Waals surface area contributed by atoms with E-state index < -0.39 is 11.7 Å². The number of rotatable bonds is 3. The molecule has 2 aromatic rings. The van der Waals surface area contributed by atoms with Crippen molar-refractivity contribution in [1.29, 1.82) is 0 Å². The van der Waals surface area contributed by atoms with Crippen LogP contribution in [0.15, 0.2) is 18.2 Å². The Morgan fingerprint density at radius 3 is 2.58 bits per heavy atom. The third-order valence-electron chi connectivity index (χ3n) is 2.74. The number of nitrogens with zero attached hydrogens (tertiary/aromatic N) is 2. The van der Waals surface area contributed by atoms with Crippen molar-refractivity contribution >= 4 is 11.8 Å². The molecule has 0 atom stereocenters. The summed E-state index contributed by atoms with van der Waals surface area (Å²) in [5, 5.41) is 22.9. The van der Waals surface area contributed by atoms with Gasteiger partial charge in [-0.15, -0.1) is 0 Å². The molecule has 19 heavy (non-hydrogen) atoms. The molecule has 0 saturated heterocycles. The molecule has 7 heteroatoms. The van der Waals surface area contributed by atoms with Gasteiger partial charge in [0.25, 0.3) is 0 Å². The number of aromatic hydroxyl groups is 1. The van der Waals surface area contributed by atoms with Gasteiger partial charge in [-0.3, -0.25) is 4.68 Å². The van der Waals surface area contributed by atoms with E-state index in [1.165, 1.54) is 23.9 Å². The molecule has 0 aliphatic carbocycles. The van der Waals surface area contributed by atoms with Crippen molar-refractivity contribution in [3.05, 3.63) is 23.8 Å². The number of methoxy groups -OCH3 is 1. The van der Waals surface area contributed by atoms with Gasteiger partial charge in [0.15, 0.2) is 11.5 Å². The van der Waals surface area contributed by atoms with E-state index in [0.29, 0.717) is 17.1 Å². The van der Waals surface area contributed by atoms with Crippen molar-refractivity contribution in [1.82, 2.24) is 9.78 Å². The maximum atomic E-state index is 11.1. The Labute approximate surface area is 108 Å². The minimum atomic E-state index is -1.25. The first-order valence-electron chi connectivity index (χ1n) is 5.38. The second kappa shape index (κ2) is 4.52. The van der Waals surface area contributed by atoms with E-state index >= 15 is 0 Å². The Kier molecular flexibility index (Phi) is 3.04. The molecule has 7 nitrogen and oxygen atoms in total. The summed E-state index contributed by atoms with van der Waals surface area (Å²) in [7, 11) is 3.02. The molecule has 0 spiro atoms. The molecule has 0 fully saturated rings. The van der Waals surface area contributed by atoms with Gasteiger partial charge in [-0.2, -0.15) is 5.10 Å². The van der Waals surface area contributed by atoms with Gasteiger partial charge in [0.1, 0.15) is 11.4 Å². The summed E-state index contributed by atoms with van der Waals surface area (Å²) < 4.78 is 6.42. The van der Waals surface area contributed by atoms with Crippen LogP contribution in [0.3, 0.4) is 0 Å². The fraction of sp³-hybridized carbons (Fsp3) is 0.167. The van der Waals surface area contributed by atoms with E-state index in [1.54, 1.807) is 13.1 Å². The number of hydrogen-bond donors (Lipinski definition) is 3. The van der Waals surface area contributed by atoms with Gasteiger partial charge in [0.2, 0.25) is 0 Å². The van der Waals surface area contributed by atoms with Gasteiger partial charge in [0, 0.05) is 18.7 Å². The zero-order chi connectivity index (χ0) is 14.2. The van der Waals surface area contributed by atoms with Gasteiger partial charge >= 0.3 is 5.97 Å². The van der Waals surface area contributed by atoms with Crippen molar-refractivity contribution in [3.63, 3.8) is 0 Å². The average molecular weight is 263 g/mol. The summed E-state index contributed by atoms with van der Waals surface area (Å²) >= 11 is 0. The molecule has 0 aliphatic rings. The van der Waals surface area contributed by atoms with Crippen LogP contribution in [0.1, 0.15) is 10.4 Å². The first kappa shape index (κ1) is 12.7. The third kappa shape index (κ3) is 2.17. The van der Waals surface area contributed by atoms with E-state index in [0.717, 1.165) is 0 Å². The van der Waals surface area contributed by atoms with Gasteiger partial charge in [-0.1, -0.05) is 0 Å². The standard InChI is InChI=1S/C12H13N3O4/c1-15-10(13)5-8(14-15)6-3-7(12(17)18)11(16)9(4-6)19-2/h3-5,16H,13H2,1-2H3,(H,17,18). The van der Waals surface area contributed by atoms with Crippen molar-refractivity contribution in [2.45, 2.75) is 0 Å². The van der Waals surface area contributed by atoms with E-state index in [1.807, 2.05) is 0 Å². The predicted octanol–water partition coefficient (Wildman–Crippen LogP) is 1.08. The van der Waals surface area contributed by atoms with Crippen LogP contribution in [0.5, 0.6) is 11.5 Å². The van der Waals surface area contributed by atoms with Crippen LogP contribution in [0.2, 0.25) is 0 Å². The zero-order valence-corrected chi connectivity index (χ0v) is 10.4. The number of aromatic nitrogens is 2. The first-order chi connectivity index (χ1) is 8.93. The number of ether oxygens (including phenoxy) is 1. The zero-order valence-electron chi connectivity index (χ0n) is 10.4. The van der Waals surface area contributed by atoms with E-state index in [2.05, 4.69) is 5.10 Å². The van der Waals surface area contributed by atoms with Crippen molar-refractivity contribution in [2.24, 2.45) is 7.05 Å². The summed E-state index contributed by atoms with van der Waals surface area (Å²) in [5.41, 5.74) is 6.43. The van der Waals surface area contributed by atoms with Crippen LogP contribution in [0.4, 0.5) is 5.82 Å². The predicted molar refractivity (Wildman–Crippen MR) is 68.2 cm³/mol. The van der Waals surface area contributed by atoms with E-state index in [4.69, 9.17) is 15.6 Å². The largest absolute Gasteiger partial charge is 0.504 e. The lowest BCUT2D eigenvalue weighted by atomic mass is 10.1. The highest BCUT2D eigenvalue weighted by Crippen LogP contribution is 2.35. The number of anilines is 1. The molecule has 0 amide bonds.